The fourth-order valence-electron chi connectivity index (χ4n) is 2.91. The van der Waals surface area contributed by atoms with E-state index in [1.165, 1.54) is 16.9 Å². The lowest BCUT2D eigenvalue weighted by Crippen LogP contribution is -2.37. The molecular formula is C22H27Cl2N3O2S. The van der Waals surface area contributed by atoms with E-state index in [-0.39, 0.29) is 30.7 Å². The minimum atomic E-state index is -0.0742. The highest BCUT2D eigenvalue weighted by Gasteiger charge is 2.18. The molecule has 8 heteroatoms. The average molecular weight is 468 g/mol. The monoisotopic (exact) mass is 467 g/mol. The molecule has 0 bridgehead atoms. The summed E-state index contributed by atoms with van der Waals surface area (Å²) < 4.78 is 5.47. The molecule has 1 aromatic heterocycles. The number of aromatic nitrogens is 1. The standard InChI is InChI=1S/C22H25N3O2S.2ClH/c1-2-27-19-10-8-18(9-11-19)21-24-20(16-28-21)22(26)25(15-13-23)14-12-17-6-4-3-5-7-17;;/h3-11,16H,2,12-15,23H2,1H3;2*1H. The highest BCUT2D eigenvalue weighted by Crippen LogP contribution is 2.26. The van der Waals surface area contributed by atoms with Crippen molar-refractivity contribution in [3.63, 3.8) is 0 Å². The summed E-state index contributed by atoms with van der Waals surface area (Å²) in [4.78, 5) is 19.3. The number of ether oxygens (including phenoxy) is 1. The minimum absolute atomic E-state index is 0. The Labute approximate surface area is 194 Å². The SMILES string of the molecule is CCOc1ccc(-c2nc(C(=O)N(CCN)CCc3ccccc3)cs2)cc1.Cl.Cl. The van der Waals surface area contributed by atoms with E-state index < -0.39 is 0 Å². The third-order valence-electron chi connectivity index (χ3n) is 4.34. The van der Waals surface area contributed by atoms with Crippen molar-refractivity contribution in [2.24, 2.45) is 5.73 Å². The number of nitrogens with two attached hydrogens (primary N) is 1. The van der Waals surface area contributed by atoms with Gasteiger partial charge < -0.3 is 15.4 Å². The molecule has 3 rings (SSSR count). The van der Waals surface area contributed by atoms with Crippen LogP contribution in [0.4, 0.5) is 0 Å². The summed E-state index contributed by atoms with van der Waals surface area (Å²) in [6.07, 6.45) is 0.794. The predicted octanol–water partition coefficient (Wildman–Crippen LogP) is 4.70. The third kappa shape index (κ3) is 6.99. The van der Waals surface area contributed by atoms with Crippen molar-refractivity contribution in [1.29, 1.82) is 0 Å². The lowest BCUT2D eigenvalue weighted by Gasteiger charge is -2.21. The van der Waals surface area contributed by atoms with Crippen LogP contribution in [0, 0.1) is 0 Å². The number of carbonyl (C=O) groups excluding carboxylic acids is 1. The molecule has 0 saturated heterocycles. The Bertz CT molecular complexity index is 889. The highest BCUT2D eigenvalue weighted by atomic mass is 35.5. The van der Waals surface area contributed by atoms with Gasteiger partial charge in [-0.2, -0.15) is 0 Å². The predicted molar refractivity (Wildman–Crippen MR) is 128 cm³/mol. The largest absolute Gasteiger partial charge is 0.494 e. The fourth-order valence-corrected chi connectivity index (χ4v) is 3.71. The van der Waals surface area contributed by atoms with Gasteiger partial charge in [0, 0.05) is 30.6 Å². The molecule has 0 unspecified atom stereocenters. The molecule has 0 atom stereocenters. The Kier molecular flexibility index (Phi) is 11.4. The number of amides is 1. The number of halogens is 2. The first-order chi connectivity index (χ1) is 13.7. The molecule has 0 aliphatic heterocycles. The second kappa shape index (κ2) is 13.2. The van der Waals surface area contributed by atoms with E-state index in [2.05, 4.69) is 17.1 Å². The van der Waals surface area contributed by atoms with Crippen molar-refractivity contribution in [3.8, 4) is 16.3 Å². The number of hydrogen-bond acceptors (Lipinski definition) is 5. The van der Waals surface area contributed by atoms with Crippen molar-refractivity contribution in [3.05, 3.63) is 71.2 Å². The average Bonchev–Trinajstić information content (AvgIpc) is 3.22. The molecule has 0 radical (unpaired) electrons. The summed E-state index contributed by atoms with van der Waals surface area (Å²) in [5, 5.41) is 2.64. The zero-order chi connectivity index (χ0) is 19.8. The van der Waals surface area contributed by atoms with E-state index in [9.17, 15) is 4.79 Å². The van der Waals surface area contributed by atoms with Crippen LogP contribution in [0.5, 0.6) is 5.75 Å². The van der Waals surface area contributed by atoms with Crippen molar-refractivity contribution in [1.82, 2.24) is 9.88 Å². The maximum absolute atomic E-state index is 12.9. The normalized spacial score (nSPS) is 9.93. The van der Waals surface area contributed by atoms with E-state index in [4.69, 9.17) is 10.5 Å². The number of hydrogen-bond donors (Lipinski definition) is 1. The molecule has 0 fully saturated rings. The first-order valence-corrected chi connectivity index (χ1v) is 10.3. The molecule has 2 aromatic carbocycles. The first-order valence-electron chi connectivity index (χ1n) is 9.43. The van der Waals surface area contributed by atoms with Crippen LogP contribution in [-0.4, -0.2) is 42.0 Å². The van der Waals surface area contributed by atoms with Gasteiger partial charge in [0.2, 0.25) is 0 Å². The minimum Gasteiger partial charge on any atom is -0.494 e. The van der Waals surface area contributed by atoms with E-state index in [0.717, 1.165) is 22.7 Å². The second-order valence-electron chi connectivity index (χ2n) is 6.31. The van der Waals surface area contributed by atoms with Crippen LogP contribution in [0.15, 0.2) is 60.0 Å². The molecule has 30 heavy (non-hydrogen) atoms. The molecular weight excluding hydrogens is 441 g/mol. The number of nitrogens with zero attached hydrogens (tertiary/aromatic N) is 2. The Morgan fingerprint density at radius 3 is 2.40 bits per heavy atom. The summed E-state index contributed by atoms with van der Waals surface area (Å²) in [6.45, 7) is 4.15. The molecule has 3 aromatic rings. The van der Waals surface area contributed by atoms with Crippen LogP contribution in [0.1, 0.15) is 23.0 Å². The van der Waals surface area contributed by atoms with Crippen LogP contribution in [0.25, 0.3) is 10.6 Å². The molecule has 1 amide bonds. The Morgan fingerprint density at radius 2 is 1.77 bits per heavy atom. The Hall–Kier alpha value is -2.12. The summed E-state index contributed by atoms with van der Waals surface area (Å²) in [6, 6.07) is 17.9. The summed E-state index contributed by atoms with van der Waals surface area (Å²) in [5.74, 6) is 0.754. The van der Waals surface area contributed by atoms with Gasteiger partial charge in [-0.3, -0.25) is 4.79 Å². The fraction of sp³-hybridized carbons (Fsp3) is 0.273. The van der Waals surface area contributed by atoms with Gasteiger partial charge in [-0.1, -0.05) is 30.3 Å². The number of thiazole rings is 1. The van der Waals surface area contributed by atoms with Crippen LogP contribution in [0.2, 0.25) is 0 Å². The Balaban J connectivity index is 0.00000225. The molecule has 0 saturated carbocycles. The lowest BCUT2D eigenvalue weighted by atomic mass is 10.1. The van der Waals surface area contributed by atoms with E-state index in [0.29, 0.717) is 31.9 Å². The van der Waals surface area contributed by atoms with Gasteiger partial charge in [0.15, 0.2) is 0 Å². The molecule has 0 aliphatic carbocycles. The molecule has 162 valence electrons. The van der Waals surface area contributed by atoms with Gasteiger partial charge in [-0.05, 0) is 43.2 Å². The summed E-state index contributed by atoms with van der Waals surface area (Å²) >= 11 is 1.47. The molecule has 1 heterocycles. The van der Waals surface area contributed by atoms with Gasteiger partial charge in [0.25, 0.3) is 5.91 Å². The van der Waals surface area contributed by atoms with Crippen LogP contribution >= 0.6 is 36.2 Å². The van der Waals surface area contributed by atoms with Crippen LogP contribution in [-0.2, 0) is 6.42 Å². The molecule has 0 aliphatic rings. The number of carbonyl (C=O) groups is 1. The van der Waals surface area contributed by atoms with Gasteiger partial charge in [0.05, 0.1) is 6.61 Å². The molecule has 5 nitrogen and oxygen atoms in total. The smallest absolute Gasteiger partial charge is 0.273 e. The third-order valence-corrected chi connectivity index (χ3v) is 5.23. The van der Waals surface area contributed by atoms with Crippen molar-refractivity contribution < 1.29 is 9.53 Å². The second-order valence-corrected chi connectivity index (χ2v) is 7.17. The van der Waals surface area contributed by atoms with Crippen molar-refractivity contribution in [2.75, 3.05) is 26.2 Å². The number of rotatable bonds is 9. The maximum Gasteiger partial charge on any atom is 0.273 e. The first kappa shape index (κ1) is 25.9. The van der Waals surface area contributed by atoms with Crippen molar-refractivity contribution in [2.45, 2.75) is 13.3 Å². The van der Waals surface area contributed by atoms with E-state index in [1.807, 2.05) is 54.8 Å². The number of benzene rings is 2. The zero-order valence-electron chi connectivity index (χ0n) is 16.8. The Morgan fingerprint density at radius 1 is 1.07 bits per heavy atom. The quantitative estimate of drug-likeness (QED) is 0.495. The van der Waals surface area contributed by atoms with E-state index >= 15 is 0 Å². The summed E-state index contributed by atoms with van der Waals surface area (Å²) in [5.41, 5.74) is 8.37. The topological polar surface area (TPSA) is 68.5 Å². The highest BCUT2D eigenvalue weighted by molar-refractivity contribution is 7.13. The van der Waals surface area contributed by atoms with Crippen molar-refractivity contribution >= 4 is 42.1 Å². The van der Waals surface area contributed by atoms with E-state index in [1.54, 1.807) is 4.90 Å². The lowest BCUT2D eigenvalue weighted by molar-refractivity contribution is 0.0757. The van der Waals surface area contributed by atoms with Crippen LogP contribution in [0.3, 0.4) is 0 Å². The zero-order valence-corrected chi connectivity index (χ0v) is 19.3. The van der Waals surface area contributed by atoms with Gasteiger partial charge in [-0.25, -0.2) is 4.98 Å². The van der Waals surface area contributed by atoms with Gasteiger partial charge in [-0.15, -0.1) is 36.2 Å². The van der Waals surface area contributed by atoms with Gasteiger partial charge >= 0.3 is 0 Å². The van der Waals surface area contributed by atoms with Crippen LogP contribution < -0.4 is 10.5 Å². The summed E-state index contributed by atoms with van der Waals surface area (Å²) in [7, 11) is 0. The molecule has 0 spiro atoms. The maximum atomic E-state index is 12.9. The molecule has 2 N–H and O–H groups in total. The van der Waals surface area contributed by atoms with Gasteiger partial charge in [0.1, 0.15) is 16.5 Å².